The minimum Gasteiger partial charge on any atom is -0.458 e. The van der Waals surface area contributed by atoms with Crippen LogP contribution >= 0.6 is 0 Å². The van der Waals surface area contributed by atoms with Gasteiger partial charge in [-0.2, -0.15) is 0 Å². The largest absolute Gasteiger partial charge is 0.458 e. The van der Waals surface area contributed by atoms with Gasteiger partial charge in [-0.25, -0.2) is 0 Å². The van der Waals surface area contributed by atoms with Gasteiger partial charge < -0.3 is 4.74 Å². The van der Waals surface area contributed by atoms with E-state index in [9.17, 15) is 0 Å². The van der Waals surface area contributed by atoms with Crippen LogP contribution < -0.4 is 4.74 Å². The van der Waals surface area contributed by atoms with Gasteiger partial charge >= 0.3 is 0 Å². The Kier molecular flexibility index (Phi) is 2.68. The fourth-order valence-electron chi connectivity index (χ4n) is 1.40. The van der Waals surface area contributed by atoms with E-state index >= 15 is 0 Å². The third kappa shape index (κ3) is 2.25. The van der Waals surface area contributed by atoms with Gasteiger partial charge in [0, 0.05) is 5.92 Å². The molecule has 1 aliphatic carbocycles. The summed E-state index contributed by atoms with van der Waals surface area (Å²) < 4.78 is 5.68. The molecule has 1 aromatic rings. The number of ether oxygens (including phenoxy) is 1. The number of benzene rings is 1. The summed E-state index contributed by atoms with van der Waals surface area (Å²) >= 11 is 0. The quantitative estimate of drug-likeness (QED) is 0.685. The van der Waals surface area contributed by atoms with Crippen molar-refractivity contribution in [3.63, 3.8) is 0 Å². The zero-order valence-electron chi connectivity index (χ0n) is 8.23. The molecule has 0 bridgehead atoms. The molecule has 0 atom stereocenters. The summed E-state index contributed by atoms with van der Waals surface area (Å²) in [4.78, 5) is 0. The molecule has 14 heavy (non-hydrogen) atoms. The lowest BCUT2D eigenvalue weighted by Crippen LogP contribution is -1.99. The van der Waals surface area contributed by atoms with Crippen molar-refractivity contribution in [2.45, 2.75) is 13.3 Å². The summed E-state index contributed by atoms with van der Waals surface area (Å²) in [7, 11) is 0. The van der Waals surface area contributed by atoms with E-state index in [0.29, 0.717) is 0 Å². The standard InChI is InChI=1S/C13H13O/c1-11-6-5-9-13(10-11)14-12-7-3-2-4-8-12/h2-5,7-10H,6H2,1H3. The first kappa shape index (κ1) is 9.07. The first-order chi connectivity index (χ1) is 6.84. The van der Waals surface area contributed by atoms with Gasteiger partial charge in [0.25, 0.3) is 0 Å². The number of rotatable bonds is 2. The maximum absolute atomic E-state index is 5.68. The molecule has 1 aliphatic rings. The van der Waals surface area contributed by atoms with E-state index in [-0.39, 0.29) is 0 Å². The summed E-state index contributed by atoms with van der Waals surface area (Å²) in [5.74, 6) is 3.14. The number of hydrogen-bond acceptors (Lipinski definition) is 1. The van der Waals surface area contributed by atoms with E-state index < -0.39 is 0 Å². The smallest absolute Gasteiger partial charge is 0.127 e. The Hall–Kier alpha value is -1.50. The van der Waals surface area contributed by atoms with Crippen molar-refractivity contribution in [3.05, 3.63) is 60.2 Å². The molecule has 0 heterocycles. The van der Waals surface area contributed by atoms with Gasteiger partial charge in [-0.05, 0) is 30.7 Å². The maximum atomic E-state index is 5.68. The summed E-state index contributed by atoms with van der Waals surface area (Å²) in [6.07, 6.45) is 7.24. The Balaban J connectivity index is 2.08. The second kappa shape index (κ2) is 4.14. The predicted molar refractivity (Wildman–Crippen MR) is 57.8 cm³/mol. The van der Waals surface area contributed by atoms with E-state index in [1.54, 1.807) is 0 Å². The zero-order valence-corrected chi connectivity index (χ0v) is 8.23. The number of para-hydroxylation sites is 1. The van der Waals surface area contributed by atoms with Crippen molar-refractivity contribution in [2.24, 2.45) is 0 Å². The maximum Gasteiger partial charge on any atom is 0.127 e. The molecule has 0 unspecified atom stereocenters. The lowest BCUT2D eigenvalue weighted by atomic mass is 10.0. The Morgan fingerprint density at radius 3 is 2.64 bits per heavy atom. The number of allylic oxidation sites excluding steroid dienone is 3. The van der Waals surface area contributed by atoms with Gasteiger partial charge in [0.1, 0.15) is 11.5 Å². The second-order valence-electron chi connectivity index (χ2n) is 3.41. The average Bonchev–Trinajstić information content (AvgIpc) is 2.19. The molecule has 0 aliphatic heterocycles. The van der Waals surface area contributed by atoms with Crippen LogP contribution in [0.25, 0.3) is 0 Å². The van der Waals surface area contributed by atoms with Crippen molar-refractivity contribution in [1.82, 2.24) is 0 Å². The SMILES string of the molecule is C[C]1C=C(Oc2ccccc2)C=CC1. The molecule has 0 amide bonds. The van der Waals surface area contributed by atoms with E-state index in [1.807, 2.05) is 36.4 Å². The first-order valence-corrected chi connectivity index (χ1v) is 4.78. The monoisotopic (exact) mass is 185 g/mol. The van der Waals surface area contributed by atoms with Crippen LogP contribution in [0.2, 0.25) is 0 Å². The highest BCUT2D eigenvalue weighted by Crippen LogP contribution is 2.21. The van der Waals surface area contributed by atoms with Gasteiger partial charge in [0.2, 0.25) is 0 Å². The van der Waals surface area contributed by atoms with Crippen molar-refractivity contribution in [3.8, 4) is 5.75 Å². The Morgan fingerprint density at radius 1 is 1.14 bits per heavy atom. The fraction of sp³-hybridized carbons (Fsp3) is 0.154. The van der Waals surface area contributed by atoms with Crippen molar-refractivity contribution >= 4 is 0 Å². The third-order valence-corrected chi connectivity index (χ3v) is 2.09. The van der Waals surface area contributed by atoms with Gasteiger partial charge in [0.15, 0.2) is 0 Å². The molecule has 0 spiro atoms. The summed E-state index contributed by atoms with van der Waals surface area (Å²) in [6.45, 7) is 2.11. The predicted octanol–water partition coefficient (Wildman–Crippen LogP) is 3.50. The summed E-state index contributed by atoms with van der Waals surface area (Å²) in [5, 5.41) is 0. The molecular weight excluding hydrogens is 172 g/mol. The molecule has 1 nitrogen and oxygen atoms in total. The van der Waals surface area contributed by atoms with Crippen LogP contribution in [0.4, 0.5) is 0 Å². The van der Waals surface area contributed by atoms with Crippen LogP contribution in [-0.2, 0) is 0 Å². The Morgan fingerprint density at radius 2 is 1.93 bits per heavy atom. The van der Waals surface area contributed by atoms with E-state index in [4.69, 9.17) is 4.74 Å². The van der Waals surface area contributed by atoms with Crippen molar-refractivity contribution in [2.75, 3.05) is 0 Å². The van der Waals surface area contributed by atoms with E-state index in [0.717, 1.165) is 17.9 Å². The average molecular weight is 185 g/mol. The van der Waals surface area contributed by atoms with Gasteiger partial charge in [-0.3, -0.25) is 0 Å². The molecule has 1 heteroatoms. The molecule has 0 aromatic heterocycles. The highest BCUT2D eigenvalue weighted by molar-refractivity contribution is 5.32. The van der Waals surface area contributed by atoms with Crippen LogP contribution in [-0.4, -0.2) is 0 Å². The fourth-order valence-corrected chi connectivity index (χ4v) is 1.40. The molecule has 1 aromatic carbocycles. The minimum absolute atomic E-state index is 0.887. The van der Waals surface area contributed by atoms with Gasteiger partial charge in [0.05, 0.1) is 0 Å². The zero-order chi connectivity index (χ0) is 9.80. The molecule has 71 valence electrons. The summed E-state index contributed by atoms with van der Waals surface area (Å²) in [5.41, 5.74) is 0. The highest BCUT2D eigenvalue weighted by Gasteiger charge is 2.05. The topological polar surface area (TPSA) is 9.23 Å². The first-order valence-electron chi connectivity index (χ1n) is 4.78. The molecule has 0 saturated heterocycles. The highest BCUT2D eigenvalue weighted by atomic mass is 16.5. The van der Waals surface area contributed by atoms with Gasteiger partial charge in [-0.15, -0.1) is 0 Å². The molecule has 0 N–H and O–H groups in total. The van der Waals surface area contributed by atoms with Crippen molar-refractivity contribution < 1.29 is 4.74 Å². The van der Waals surface area contributed by atoms with E-state index in [2.05, 4.69) is 19.1 Å². The van der Waals surface area contributed by atoms with Gasteiger partial charge in [-0.1, -0.05) is 31.2 Å². The van der Waals surface area contributed by atoms with Crippen LogP contribution in [0.15, 0.2) is 54.3 Å². The second-order valence-corrected chi connectivity index (χ2v) is 3.41. The number of hydrogen-bond donors (Lipinski definition) is 0. The molecule has 1 radical (unpaired) electrons. The van der Waals surface area contributed by atoms with Crippen LogP contribution in [0.5, 0.6) is 5.75 Å². The van der Waals surface area contributed by atoms with Crippen LogP contribution in [0, 0.1) is 5.92 Å². The third-order valence-electron chi connectivity index (χ3n) is 2.09. The van der Waals surface area contributed by atoms with Crippen LogP contribution in [0.1, 0.15) is 13.3 Å². The molecule has 0 fully saturated rings. The van der Waals surface area contributed by atoms with E-state index in [1.165, 1.54) is 5.92 Å². The lowest BCUT2D eigenvalue weighted by molar-refractivity contribution is 0.440. The van der Waals surface area contributed by atoms with Crippen molar-refractivity contribution in [1.29, 1.82) is 0 Å². The summed E-state index contributed by atoms with van der Waals surface area (Å²) in [6, 6.07) is 9.84. The van der Waals surface area contributed by atoms with Crippen LogP contribution in [0.3, 0.4) is 0 Å². The lowest BCUT2D eigenvalue weighted by Gasteiger charge is -2.12. The molecule has 2 rings (SSSR count). The Labute approximate surface area is 84.7 Å². The minimum atomic E-state index is 0.887. The normalized spacial score (nSPS) is 16.5. The molecular formula is C13H13O. The molecule has 0 saturated carbocycles. The Bertz CT molecular complexity index is 349.